The number of carbonyl (C=O) groups is 1. The summed E-state index contributed by atoms with van der Waals surface area (Å²) < 4.78 is 0. The fourth-order valence-corrected chi connectivity index (χ4v) is 1.93. The van der Waals surface area contributed by atoms with Crippen molar-refractivity contribution in [1.82, 2.24) is 0 Å². The van der Waals surface area contributed by atoms with Crippen LogP contribution in [-0.4, -0.2) is 11.4 Å². The van der Waals surface area contributed by atoms with Gasteiger partial charge in [0.2, 0.25) is 5.91 Å². The van der Waals surface area contributed by atoms with Gasteiger partial charge in [-0.2, -0.15) is 0 Å². The lowest BCUT2D eigenvalue weighted by Crippen LogP contribution is -2.46. The third-order valence-corrected chi connectivity index (χ3v) is 2.63. The molecule has 98 valence electrons. The van der Waals surface area contributed by atoms with Crippen LogP contribution in [0.2, 0.25) is 0 Å². The first kappa shape index (κ1) is 14.3. The zero-order valence-corrected chi connectivity index (χ0v) is 11.7. The lowest BCUT2D eigenvalue weighted by molar-refractivity contribution is -0.119. The number of hydrogen-bond acceptors (Lipinski definition) is 2. The van der Waals surface area contributed by atoms with Crippen LogP contribution in [0, 0.1) is 0 Å². The van der Waals surface area contributed by atoms with Gasteiger partial charge < -0.3 is 10.2 Å². The maximum atomic E-state index is 12.2. The molecule has 0 unspecified atom stereocenters. The van der Waals surface area contributed by atoms with Crippen LogP contribution < -0.4 is 10.2 Å². The summed E-state index contributed by atoms with van der Waals surface area (Å²) in [6.07, 6.45) is 2.11. The summed E-state index contributed by atoms with van der Waals surface area (Å²) in [5.41, 5.74) is 1.52. The summed E-state index contributed by atoms with van der Waals surface area (Å²) in [5, 5.41) is 3.08. The highest BCUT2D eigenvalue weighted by Gasteiger charge is 2.28. The predicted octanol–water partition coefficient (Wildman–Crippen LogP) is 3.78. The van der Waals surface area contributed by atoms with Gasteiger partial charge in [-0.15, -0.1) is 0 Å². The van der Waals surface area contributed by atoms with Gasteiger partial charge in [0.1, 0.15) is 0 Å². The molecule has 1 aromatic carbocycles. The highest BCUT2D eigenvalue weighted by Crippen LogP contribution is 2.31. The molecule has 0 bridgehead atoms. The molecule has 0 atom stereocenters. The molecule has 1 amide bonds. The van der Waals surface area contributed by atoms with E-state index in [1.54, 1.807) is 6.20 Å². The minimum atomic E-state index is -0.258. The zero-order valence-electron chi connectivity index (χ0n) is 11.7. The number of nitrogens with zero attached hydrogens (tertiary/aromatic N) is 1. The average Bonchev–Trinajstić information content (AvgIpc) is 2.30. The second kappa shape index (κ2) is 5.71. The second-order valence-electron chi connectivity index (χ2n) is 5.12. The normalized spacial score (nSPS) is 10.9. The highest BCUT2D eigenvalue weighted by atomic mass is 16.2. The minimum Gasteiger partial charge on any atom is -0.361 e. The molecule has 0 aromatic heterocycles. The molecule has 0 aliphatic heterocycles. The SMILES string of the molecule is C=CNc1ccccc1N(C(=O)CC)C(C)(C)C. The van der Waals surface area contributed by atoms with Gasteiger partial charge in [-0.3, -0.25) is 4.79 Å². The molecule has 1 rings (SSSR count). The summed E-state index contributed by atoms with van der Waals surface area (Å²) >= 11 is 0. The fraction of sp³-hybridized carbons (Fsp3) is 0.400. The van der Waals surface area contributed by atoms with Crippen molar-refractivity contribution in [3.8, 4) is 0 Å². The summed E-state index contributed by atoms with van der Waals surface area (Å²) in [6, 6.07) is 7.77. The van der Waals surface area contributed by atoms with Crippen LogP contribution >= 0.6 is 0 Å². The molecule has 3 heteroatoms. The quantitative estimate of drug-likeness (QED) is 0.876. The Hall–Kier alpha value is -1.77. The first-order chi connectivity index (χ1) is 8.41. The van der Waals surface area contributed by atoms with Crippen molar-refractivity contribution in [2.75, 3.05) is 10.2 Å². The summed E-state index contributed by atoms with van der Waals surface area (Å²) in [6.45, 7) is 11.6. The van der Waals surface area contributed by atoms with Crippen molar-refractivity contribution in [3.63, 3.8) is 0 Å². The van der Waals surface area contributed by atoms with Crippen LogP contribution in [0.15, 0.2) is 37.0 Å². The maximum absolute atomic E-state index is 12.2. The Balaban J connectivity index is 3.29. The van der Waals surface area contributed by atoms with Crippen molar-refractivity contribution in [3.05, 3.63) is 37.0 Å². The number of carbonyl (C=O) groups excluding carboxylic acids is 1. The molecule has 0 radical (unpaired) electrons. The number of para-hydroxylation sites is 2. The fourth-order valence-electron chi connectivity index (χ4n) is 1.93. The van der Waals surface area contributed by atoms with Crippen LogP contribution in [0.4, 0.5) is 11.4 Å². The lowest BCUT2D eigenvalue weighted by Gasteiger charge is -2.36. The second-order valence-corrected chi connectivity index (χ2v) is 5.12. The molecule has 18 heavy (non-hydrogen) atoms. The van der Waals surface area contributed by atoms with E-state index in [2.05, 4.69) is 11.9 Å². The van der Waals surface area contributed by atoms with Gasteiger partial charge >= 0.3 is 0 Å². The molecule has 0 heterocycles. The van der Waals surface area contributed by atoms with Crippen molar-refractivity contribution in [1.29, 1.82) is 0 Å². The van der Waals surface area contributed by atoms with E-state index in [4.69, 9.17) is 0 Å². The maximum Gasteiger partial charge on any atom is 0.227 e. The van der Waals surface area contributed by atoms with Crippen molar-refractivity contribution >= 4 is 17.3 Å². The Bertz CT molecular complexity index is 432. The first-order valence-corrected chi connectivity index (χ1v) is 6.21. The molecular formula is C15H22N2O. The Morgan fingerprint density at radius 3 is 2.50 bits per heavy atom. The van der Waals surface area contributed by atoms with Gasteiger partial charge in [0.05, 0.1) is 11.4 Å². The molecule has 1 N–H and O–H groups in total. The number of hydrogen-bond donors (Lipinski definition) is 1. The van der Waals surface area contributed by atoms with Crippen molar-refractivity contribution in [2.45, 2.75) is 39.7 Å². The van der Waals surface area contributed by atoms with E-state index >= 15 is 0 Å². The molecule has 0 saturated carbocycles. The van der Waals surface area contributed by atoms with Crippen LogP contribution in [0.3, 0.4) is 0 Å². The zero-order chi connectivity index (χ0) is 13.8. The Morgan fingerprint density at radius 1 is 1.39 bits per heavy atom. The molecular weight excluding hydrogens is 224 g/mol. The third kappa shape index (κ3) is 3.13. The van der Waals surface area contributed by atoms with E-state index in [1.807, 2.05) is 56.9 Å². The number of anilines is 2. The van der Waals surface area contributed by atoms with Gasteiger partial charge in [-0.05, 0) is 39.1 Å². The summed E-state index contributed by atoms with van der Waals surface area (Å²) in [5.74, 6) is 0.112. The Morgan fingerprint density at radius 2 is 2.00 bits per heavy atom. The van der Waals surface area contributed by atoms with Crippen LogP contribution in [0.1, 0.15) is 34.1 Å². The van der Waals surface area contributed by atoms with Gasteiger partial charge in [0.25, 0.3) is 0 Å². The number of amides is 1. The van der Waals surface area contributed by atoms with Gasteiger partial charge in [0, 0.05) is 12.0 Å². The summed E-state index contributed by atoms with van der Waals surface area (Å²) in [7, 11) is 0. The number of nitrogens with one attached hydrogen (secondary N) is 1. The van der Waals surface area contributed by atoms with E-state index < -0.39 is 0 Å². The number of benzene rings is 1. The largest absolute Gasteiger partial charge is 0.361 e. The predicted molar refractivity (Wildman–Crippen MR) is 77.8 cm³/mol. The van der Waals surface area contributed by atoms with Gasteiger partial charge in [-0.25, -0.2) is 0 Å². The molecule has 0 fully saturated rings. The molecule has 0 aliphatic rings. The van der Waals surface area contributed by atoms with E-state index in [-0.39, 0.29) is 11.4 Å². The molecule has 3 nitrogen and oxygen atoms in total. The first-order valence-electron chi connectivity index (χ1n) is 6.21. The van der Waals surface area contributed by atoms with Gasteiger partial charge in [0.15, 0.2) is 0 Å². The lowest BCUT2D eigenvalue weighted by atomic mass is 10.0. The van der Waals surface area contributed by atoms with Crippen molar-refractivity contribution < 1.29 is 4.79 Å². The van der Waals surface area contributed by atoms with Crippen LogP contribution in [-0.2, 0) is 4.79 Å². The average molecular weight is 246 g/mol. The van der Waals surface area contributed by atoms with Crippen LogP contribution in [0.25, 0.3) is 0 Å². The van der Waals surface area contributed by atoms with E-state index in [1.165, 1.54) is 0 Å². The monoisotopic (exact) mass is 246 g/mol. The standard InChI is InChI=1S/C15H22N2O/c1-6-14(18)17(15(3,4)5)13-11-9-8-10-12(13)16-7-2/h7-11,16H,2,6H2,1,3-5H3. The molecule has 0 spiro atoms. The van der Waals surface area contributed by atoms with E-state index in [9.17, 15) is 4.79 Å². The number of rotatable bonds is 4. The minimum absolute atomic E-state index is 0.112. The van der Waals surface area contributed by atoms with Gasteiger partial charge in [-0.1, -0.05) is 25.6 Å². The third-order valence-electron chi connectivity index (χ3n) is 2.63. The summed E-state index contributed by atoms with van der Waals surface area (Å²) in [4.78, 5) is 14.0. The van der Waals surface area contributed by atoms with E-state index in [0.29, 0.717) is 6.42 Å². The van der Waals surface area contributed by atoms with E-state index in [0.717, 1.165) is 11.4 Å². The Labute approximate surface area is 109 Å². The highest BCUT2D eigenvalue weighted by molar-refractivity contribution is 5.97. The molecule has 0 aliphatic carbocycles. The molecule has 0 saturated heterocycles. The van der Waals surface area contributed by atoms with Crippen LogP contribution in [0.5, 0.6) is 0 Å². The topological polar surface area (TPSA) is 32.3 Å². The Kier molecular flexibility index (Phi) is 4.54. The van der Waals surface area contributed by atoms with Crippen molar-refractivity contribution in [2.24, 2.45) is 0 Å². The molecule has 1 aromatic rings. The smallest absolute Gasteiger partial charge is 0.227 e.